The van der Waals surface area contributed by atoms with Crippen molar-refractivity contribution in [2.45, 2.75) is 104 Å². The van der Waals surface area contributed by atoms with E-state index >= 15 is 0 Å². The van der Waals surface area contributed by atoms with Crippen molar-refractivity contribution in [3.05, 3.63) is 28.2 Å². The van der Waals surface area contributed by atoms with Crippen LogP contribution >= 0.6 is 11.3 Å². The Balaban J connectivity index is 1.81. The Morgan fingerprint density at radius 3 is 2.50 bits per heavy atom. The number of Topliss-reactive ketones (excluding diaryl/α,β-unsaturated/α-hetero) is 1. The van der Waals surface area contributed by atoms with Gasteiger partial charge in [0.15, 0.2) is 0 Å². The van der Waals surface area contributed by atoms with E-state index in [1.807, 2.05) is 32.2 Å². The first-order chi connectivity index (χ1) is 15.9. The number of aryl methyl sites for hydroxylation is 1. The molecule has 1 aromatic rings. The number of carbonyl (C=O) groups excluding carboxylic acids is 2. The highest BCUT2D eigenvalue weighted by atomic mass is 32.1. The maximum atomic E-state index is 13.2. The summed E-state index contributed by atoms with van der Waals surface area (Å²) in [5, 5.41) is 24.5. The minimum Gasteiger partial charge on any atom is -0.459 e. The molecule has 8 heteroatoms. The van der Waals surface area contributed by atoms with E-state index in [2.05, 4.69) is 11.1 Å². The van der Waals surface area contributed by atoms with Crippen molar-refractivity contribution < 1.29 is 29.3 Å². The Morgan fingerprint density at radius 1 is 1.15 bits per heavy atom. The maximum absolute atomic E-state index is 13.2. The van der Waals surface area contributed by atoms with Crippen molar-refractivity contribution in [3.63, 3.8) is 0 Å². The van der Waals surface area contributed by atoms with E-state index in [9.17, 15) is 19.8 Å². The van der Waals surface area contributed by atoms with Crippen molar-refractivity contribution in [2.24, 2.45) is 17.3 Å². The van der Waals surface area contributed by atoms with Gasteiger partial charge in [0, 0.05) is 17.7 Å². The van der Waals surface area contributed by atoms with Crippen LogP contribution in [0.25, 0.3) is 0 Å². The van der Waals surface area contributed by atoms with E-state index < -0.39 is 41.2 Å². The Labute approximate surface area is 206 Å². The summed E-state index contributed by atoms with van der Waals surface area (Å²) in [6.07, 6.45) is 3.91. The number of epoxide rings is 1. The molecule has 1 fully saturated rings. The summed E-state index contributed by atoms with van der Waals surface area (Å²) in [7, 11) is 0. The summed E-state index contributed by atoms with van der Waals surface area (Å²) < 4.78 is 11.9. The largest absolute Gasteiger partial charge is 0.459 e. The summed E-state index contributed by atoms with van der Waals surface area (Å²) in [6.45, 7) is 10.7. The number of allylic oxidation sites excluding steroid dienone is 1. The SMILES string of the molecule is Cc1nc(C2OC2(C)[C@@H]2C/C=C\CCC[C@H](C)C(O)[C@H](C)C(=O)C(C)(C)[C@@H](O)CC(=O)O2)cs1. The Kier molecular flexibility index (Phi) is 8.38. The quantitative estimate of drug-likeness (QED) is 0.359. The molecular formula is C26H39NO6S. The van der Waals surface area contributed by atoms with Crippen LogP contribution in [0.3, 0.4) is 0 Å². The van der Waals surface area contributed by atoms with E-state index in [4.69, 9.17) is 9.47 Å². The second kappa shape index (κ2) is 10.6. The first kappa shape index (κ1) is 27.0. The van der Waals surface area contributed by atoms with E-state index in [1.54, 1.807) is 32.1 Å². The molecule has 34 heavy (non-hydrogen) atoms. The number of aliphatic hydroxyl groups excluding tert-OH is 2. The van der Waals surface area contributed by atoms with Crippen LogP contribution in [-0.4, -0.2) is 50.9 Å². The second-order valence-corrected chi connectivity index (χ2v) is 11.7. The van der Waals surface area contributed by atoms with E-state index in [1.165, 1.54) is 0 Å². The number of hydrogen-bond acceptors (Lipinski definition) is 8. The summed E-state index contributed by atoms with van der Waals surface area (Å²) in [5.74, 6) is -1.53. The molecule has 0 amide bonds. The summed E-state index contributed by atoms with van der Waals surface area (Å²) in [5.41, 5.74) is -1.06. The van der Waals surface area contributed by atoms with Crippen molar-refractivity contribution in [3.8, 4) is 0 Å². The number of cyclic esters (lactones) is 1. The molecule has 2 aliphatic rings. The van der Waals surface area contributed by atoms with Gasteiger partial charge in [0.25, 0.3) is 0 Å². The van der Waals surface area contributed by atoms with Crippen LogP contribution in [0, 0.1) is 24.2 Å². The average molecular weight is 494 g/mol. The molecule has 1 saturated heterocycles. The first-order valence-electron chi connectivity index (χ1n) is 12.2. The monoisotopic (exact) mass is 493 g/mol. The van der Waals surface area contributed by atoms with Crippen LogP contribution in [0.1, 0.15) is 83.5 Å². The van der Waals surface area contributed by atoms with Gasteiger partial charge in [0.1, 0.15) is 23.6 Å². The molecule has 0 aromatic carbocycles. The maximum Gasteiger partial charge on any atom is 0.308 e. The van der Waals surface area contributed by atoms with Gasteiger partial charge in [0.2, 0.25) is 0 Å². The van der Waals surface area contributed by atoms with Crippen LogP contribution in [0.2, 0.25) is 0 Å². The number of aliphatic hydroxyl groups is 2. The number of esters is 1. The molecule has 190 valence electrons. The van der Waals surface area contributed by atoms with Gasteiger partial charge in [-0.05, 0) is 39.0 Å². The van der Waals surface area contributed by atoms with Crippen LogP contribution in [-0.2, 0) is 19.1 Å². The van der Waals surface area contributed by atoms with Crippen LogP contribution in [0.4, 0.5) is 0 Å². The zero-order chi connectivity index (χ0) is 25.3. The number of nitrogens with zero attached hydrogens (tertiary/aromatic N) is 1. The van der Waals surface area contributed by atoms with Crippen molar-refractivity contribution in [1.82, 2.24) is 4.98 Å². The summed E-state index contributed by atoms with van der Waals surface area (Å²) in [4.78, 5) is 30.6. The lowest BCUT2D eigenvalue weighted by Gasteiger charge is -2.34. The third-order valence-electron chi connectivity index (χ3n) is 7.54. The predicted molar refractivity (Wildman–Crippen MR) is 130 cm³/mol. The molecule has 3 heterocycles. The zero-order valence-electron chi connectivity index (χ0n) is 21.1. The van der Waals surface area contributed by atoms with Crippen molar-refractivity contribution in [1.29, 1.82) is 0 Å². The molecule has 2 N–H and O–H groups in total. The molecule has 0 spiro atoms. The lowest BCUT2D eigenvalue weighted by Crippen LogP contribution is -2.46. The van der Waals surface area contributed by atoms with Crippen molar-refractivity contribution in [2.75, 3.05) is 0 Å². The van der Waals surface area contributed by atoms with Gasteiger partial charge in [-0.2, -0.15) is 0 Å². The smallest absolute Gasteiger partial charge is 0.308 e. The van der Waals surface area contributed by atoms with Crippen LogP contribution < -0.4 is 0 Å². The molecule has 2 aliphatic heterocycles. The number of ketones is 1. The third kappa shape index (κ3) is 5.78. The van der Waals surface area contributed by atoms with Crippen LogP contribution in [0.5, 0.6) is 0 Å². The first-order valence-corrected chi connectivity index (χ1v) is 13.1. The lowest BCUT2D eigenvalue weighted by molar-refractivity contribution is -0.158. The molecule has 0 aliphatic carbocycles. The number of rotatable bonds is 2. The molecular weight excluding hydrogens is 454 g/mol. The normalized spacial score (nSPS) is 38.8. The zero-order valence-corrected chi connectivity index (χ0v) is 21.9. The molecule has 0 saturated carbocycles. The van der Waals surface area contributed by atoms with Gasteiger partial charge in [-0.3, -0.25) is 9.59 Å². The highest BCUT2D eigenvalue weighted by molar-refractivity contribution is 7.09. The van der Waals surface area contributed by atoms with Gasteiger partial charge in [-0.25, -0.2) is 4.98 Å². The molecule has 7 atom stereocenters. The Morgan fingerprint density at radius 2 is 1.85 bits per heavy atom. The third-order valence-corrected chi connectivity index (χ3v) is 8.33. The summed E-state index contributed by atoms with van der Waals surface area (Å²) in [6, 6.07) is 0. The molecule has 3 rings (SSSR count). The fourth-order valence-electron chi connectivity index (χ4n) is 4.80. The second-order valence-electron chi connectivity index (χ2n) is 10.7. The molecule has 1 aromatic heterocycles. The standard InChI is InChI=1S/C26H39NO6S/c1-15-11-9-7-8-10-12-20(26(6)24(33-26)18-14-34-17(3)27-18)32-21(29)13-19(28)25(4,5)23(31)16(2)22(15)30/h8,10,14-16,19-20,22,24,28,30H,7,9,11-13H2,1-6H3/b10-8-/t15-,16-,19-,20-,22?,24?,26?/m0/s1. The fraction of sp³-hybridized carbons (Fsp3) is 0.731. The molecule has 7 nitrogen and oxygen atoms in total. The van der Waals surface area contributed by atoms with Gasteiger partial charge >= 0.3 is 5.97 Å². The van der Waals surface area contributed by atoms with Crippen molar-refractivity contribution >= 4 is 23.1 Å². The number of ether oxygens (including phenoxy) is 2. The van der Waals surface area contributed by atoms with E-state index in [0.717, 1.165) is 30.0 Å². The molecule has 0 radical (unpaired) electrons. The lowest BCUT2D eigenvalue weighted by atomic mass is 9.73. The fourth-order valence-corrected chi connectivity index (χ4v) is 5.43. The number of carbonyl (C=O) groups is 2. The summed E-state index contributed by atoms with van der Waals surface area (Å²) >= 11 is 1.55. The predicted octanol–water partition coefficient (Wildman–Crippen LogP) is 4.30. The van der Waals surface area contributed by atoms with Crippen LogP contribution in [0.15, 0.2) is 17.5 Å². The highest BCUT2D eigenvalue weighted by Gasteiger charge is 2.61. The minimum atomic E-state index is -1.23. The van der Waals surface area contributed by atoms with Gasteiger partial charge < -0.3 is 19.7 Å². The molecule has 3 unspecified atom stereocenters. The number of hydrogen-bond donors (Lipinski definition) is 2. The Bertz CT molecular complexity index is 911. The average Bonchev–Trinajstić information content (AvgIpc) is 3.29. The number of aromatic nitrogens is 1. The minimum absolute atomic E-state index is 0.0491. The number of thiazole rings is 1. The Hall–Kier alpha value is -1.61. The van der Waals surface area contributed by atoms with E-state index in [-0.39, 0.29) is 24.2 Å². The van der Waals surface area contributed by atoms with Gasteiger partial charge in [0.05, 0.1) is 34.7 Å². The topological polar surface area (TPSA) is 109 Å². The highest BCUT2D eigenvalue weighted by Crippen LogP contribution is 2.53. The molecule has 0 bridgehead atoms. The van der Waals surface area contributed by atoms with Gasteiger partial charge in [-0.15, -0.1) is 11.3 Å². The van der Waals surface area contributed by atoms with Gasteiger partial charge in [-0.1, -0.05) is 39.8 Å². The van der Waals surface area contributed by atoms with E-state index in [0.29, 0.717) is 6.42 Å².